The average molecular weight is 272 g/mol. The number of hydrogen-bond donors (Lipinski definition) is 0. The first kappa shape index (κ1) is 13.4. The van der Waals surface area contributed by atoms with Crippen LogP contribution in [0.2, 0.25) is 0 Å². The smallest absolute Gasteiger partial charge is 0.335 e. The van der Waals surface area contributed by atoms with Crippen LogP contribution in [0.25, 0.3) is 0 Å². The molecule has 0 aromatic heterocycles. The minimum Gasteiger partial charge on any atom is -0.335 e. The van der Waals surface area contributed by atoms with Crippen molar-refractivity contribution in [1.82, 2.24) is 0 Å². The third-order valence-corrected chi connectivity index (χ3v) is 2.50. The van der Waals surface area contributed by atoms with Gasteiger partial charge in [0.2, 0.25) is 0 Å². The van der Waals surface area contributed by atoms with Crippen LogP contribution in [0.4, 0.5) is 17.6 Å². The van der Waals surface area contributed by atoms with Gasteiger partial charge >= 0.3 is 21.6 Å². The highest BCUT2D eigenvalue weighted by Gasteiger charge is 2.49. The highest BCUT2D eigenvalue weighted by molar-refractivity contribution is 7.88. The lowest BCUT2D eigenvalue weighted by Gasteiger charge is -2.08. The van der Waals surface area contributed by atoms with Gasteiger partial charge in [-0.05, 0) is 12.1 Å². The van der Waals surface area contributed by atoms with Crippen LogP contribution in [0, 0.1) is 5.82 Å². The minimum atomic E-state index is -6.08. The van der Waals surface area contributed by atoms with Gasteiger partial charge in [-0.15, -0.1) is 0 Å². The molecule has 0 atom stereocenters. The number of halogens is 4. The van der Waals surface area contributed by atoms with Crippen molar-refractivity contribution < 1.29 is 35.0 Å². The summed E-state index contributed by atoms with van der Waals surface area (Å²) in [6.07, 6.45) is 0. The van der Waals surface area contributed by atoms with E-state index in [-0.39, 0.29) is 0 Å². The maximum atomic E-state index is 12.9. The van der Waals surface area contributed by atoms with Gasteiger partial charge in [-0.2, -0.15) is 21.6 Å². The molecule has 0 N–H and O–H groups in total. The van der Waals surface area contributed by atoms with Crippen LogP contribution in [-0.4, -0.2) is 19.9 Å². The van der Waals surface area contributed by atoms with Crippen LogP contribution in [0.15, 0.2) is 24.3 Å². The molecule has 1 aromatic carbocycles. The predicted octanol–water partition coefficient (Wildman–Crippen LogP) is 1.83. The number of carbonyl (C=O) groups excluding carboxylic acids is 1. The van der Waals surface area contributed by atoms with Gasteiger partial charge in [-0.25, -0.2) is 9.18 Å². The molecule has 0 unspecified atom stereocenters. The molecule has 0 bridgehead atoms. The van der Waals surface area contributed by atoms with Crippen molar-refractivity contribution in [1.29, 1.82) is 0 Å². The van der Waals surface area contributed by atoms with E-state index in [4.69, 9.17) is 0 Å². The number of benzene rings is 1. The maximum absolute atomic E-state index is 12.9. The van der Waals surface area contributed by atoms with E-state index in [2.05, 4.69) is 4.18 Å². The second-order valence-electron chi connectivity index (χ2n) is 2.75. The molecule has 0 heterocycles. The lowest BCUT2D eigenvalue weighted by Crippen LogP contribution is -2.28. The second kappa shape index (κ2) is 4.32. The summed E-state index contributed by atoms with van der Waals surface area (Å²) in [7, 11) is -6.08. The Kier molecular flexibility index (Phi) is 3.41. The normalized spacial score (nSPS) is 12.2. The molecular formula is C8H4F4O4S. The molecule has 1 aromatic rings. The van der Waals surface area contributed by atoms with Gasteiger partial charge in [0.05, 0.1) is 5.56 Å². The van der Waals surface area contributed by atoms with Gasteiger partial charge in [0.1, 0.15) is 5.82 Å². The Bertz CT molecular complexity index is 535. The molecule has 0 aliphatic carbocycles. The molecule has 4 nitrogen and oxygen atoms in total. The van der Waals surface area contributed by atoms with Crippen LogP contribution in [0.3, 0.4) is 0 Å². The number of rotatable bonds is 2. The molecular weight excluding hydrogens is 268 g/mol. The van der Waals surface area contributed by atoms with Crippen molar-refractivity contribution in [2.75, 3.05) is 0 Å². The lowest BCUT2D eigenvalue weighted by atomic mass is 10.2. The fraction of sp³-hybridized carbons (Fsp3) is 0.125. The van der Waals surface area contributed by atoms with Gasteiger partial charge in [-0.1, -0.05) is 12.1 Å². The van der Waals surface area contributed by atoms with Crippen LogP contribution in [0.5, 0.6) is 0 Å². The molecule has 9 heteroatoms. The zero-order valence-corrected chi connectivity index (χ0v) is 8.68. The van der Waals surface area contributed by atoms with Crippen LogP contribution >= 0.6 is 0 Å². The van der Waals surface area contributed by atoms with E-state index < -0.39 is 33.0 Å². The molecule has 0 saturated carbocycles. The van der Waals surface area contributed by atoms with E-state index in [1.165, 1.54) is 6.07 Å². The van der Waals surface area contributed by atoms with E-state index in [9.17, 15) is 30.8 Å². The molecule has 0 amide bonds. The van der Waals surface area contributed by atoms with Crippen molar-refractivity contribution in [3.05, 3.63) is 35.6 Å². The minimum absolute atomic E-state index is 0.775. The molecule has 0 aliphatic rings. The zero-order valence-electron chi connectivity index (χ0n) is 7.86. The van der Waals surface area contributed by atoms with Crippen LogP contribution in [0.1, 0.15) is 10.4 Å². The Morgan fingerprint density at radius 2 is 1.71 bits per heavy atom. The molecule has 0 radical (unpaired) electrons. The Balaban J connectivity index is 3.00. The second-order valence-corrected chi connectivity index (χ2v) is 4.29. The quantitative estimate of drug-likeness (QED) is 0.468. The summed E-state index contributed by atoms with van der Waals surface area (Å²) in [5.41, 5.74) is -6.64. The standard InChI is InChI=1S/C8H4F4O4S/c9-6-4-2-1-3-5(6)7(13)16-17(14,15)8(10,11)12/h1-4H. The van der Waals surface area contributed by atoms with Crippen molar-refractivity contribution in [2.24, 2.45) is 0 Å². The monoisotopic (exact) mass is 272 g/mol. The van der Waals surface area contributed by atoms with E-state index in [0.29, 0.717) is 0 Å². The van der Waals surface area contributed by atoms with Crippen LogP contribution in [-0.2, 0) is 14.3 Å². The first-order chi connectivity index (χ1) is 7.65. The summed E-state index contributed by atoms with van der Waals surface area (Å²) < 4.78 is 72.6. The topological polar surface area (TPSA) is 60.4 Å². The SMILES string of the molecule is O=C(OS(=O)(=O)C(F)(F)F)c1ccccc1F. The summed E-state index contributed by atoms with van der Waals surface area (Å²) in [5, 5.41) is 0. The zero-order chi connectivity index (χ0) is 13.3. The Labute approximate surface area is 92.9 Å². The molecule has 0 saturated heterocycles. The van der Waals surface area contributed by atoms with Crippen LogP contribution < -0.4 is 0 Å². The summed E-state index contributed by atoms with van der Waals surface area (Å²) in [5.74, 6) is -3.12. The van der Waals surface area contributed by atoms with Crippen molar-refractivity contribution in [3.63, 3.8) is 0 Å². The highest BCUT2D eigenvalue weighted by Crippen LogP contribution is 2.25. The summed E-state index contributed by atoms with van der Waals surface area (Å²) in [4.78, 5) is 11.0. The van der Waals surface area contributed by atoms with E-state index in [1.807, 2.05) is 0 Å². The number of hydrogen-bond acceptors (Lipinski definition) is 4. The predicted molar refractivity (Wildman–Crippen MR) is 46.8 cm³/mol. The van der Waals surface area contributed by atoms with Gasteiger partial charge in [0, 0.05) is 0 Å². The Hall–Kier alpha value is -1.64. The third kappa shape index (κ3) is 2.93. The fourth-order valence-corrected chi connectivity index (χ4v) is 1.20. The molecule has 0 spiro atoms. The summed E-state index contributed by atoms with van der Waals surface area (Å²) >= 11 is 0. The summed E-state index contributed by atoms with van der Waals surface area (Å²) in [6.45, 7) is 0. The van der Waals surface area contributed by atoms with E-state index in [1.54, 1.807) is 0 Å². The lowest BCUT2D eigenvalue weighted by molar-refractivity contribution is -0.0525. The van der Waals surface area contributed by atoms with Gasteiger partial charge in [0.25, 0.3) is 0 Å². The van der Waals surface area contributed by atoms with Crippen molar-refractivity contribution in [2.45, 2.75) is 5.51 Å². The van der Waals surface area contributed by atoms with Crippen molar-refractivity contribution >= 4 is 16.1 Å². The van der Waals surface area contributed by atoms with Gasteiger partial charge < -0.3 is 4.18 Å². The number of alkyl halides is 3. The number of carbonyl (C=O) groups is 1. The Morgan fingerprint density at radius 3 is 2.18 bits per heavy atom. The molecule has 0 aliphatic heterocycles. The molecule has 0 fully saturated rings. The molecule has 1 rings (SSSR count). The van der Waals surface area contributed by atoms with E-state index in [0.717, 1.165) is 18.2 Å². The van der Waals surface area contributed by atoms with Gasteiger partial charge in [-0.3, -0.25) is 0 Å². The largest absolute Gasteiger partial charge is 0.534 e. The summed E-state index contributed by atoms with van der Waals surface area (Å²) in [6, 6.07) is 3.88. The fourth-order valence-electron chi connectivity index (χ4n) is 0.819. The molecule has 94 valence electrons. The first-order valence-corrected chi connectivity index (χ1v) is 5.35. The van der Waals surface area contributed by atoms with Crippen molar-refractivity contribution in [3.8, 4) is 0 Å². The van der Waals surface area contributed by atoms with E-state index >= 15 is 0 Å². The third-order valence-electron chi connectivity index (χ3n) is 1.56. The average Bonchev–Trinajstić information content (AvgIpc) is 2.15. The molecule has 17 heavy (non-hydrogen) atoms. The van der Waals surface area contributed by atoms with Gasteiger partial charge in [0.15, 0.2) is 0 Å². The Morgan fingerprint density at radius 1 is 1.18 bits per heavy atom. The first-order valence-electron chi connectivity index (χ1n) is 3.95. The maximum Gasteiger partial charge on any atom is 0.534 e. The highest BCUT2D eigenvalue weighted by atomic mass is 32.2.